The number of carbonyl (C=O) groups excluding carboxylic acids is 2. The second-order valence-electron chi connectivity index (χ2n) is 3.05. The molecule has 15 heavy (non-hydrogen) atoms. The zero-order chi connectivity index (χ0) is 11.2. The van der Waals surface area contributed by atoms with Crippen LogP contribution in [0.5, 0.6) is 0 Å². The maximum atomic E-state index is 11.4. The van der Waals surface area contributed by atoms with Gasteiger partial charge in [-0.15, -0.1) is 0 Å². The van der Waals surface area contributed by atoms with Crippen LogP contribution < -0.4 is 0 Å². The van der Waals surface area contributed by atoms with Crippen LogP contribution in [0, 0.1) is 5.92 Å². The number of β-lactam (4-membered cyclic amide) rings is 1. The molecule has 0 aromatic heterocycles. The van der Waals surface area contributed by atoms with E-state index < -0.39 is 23.2 Å². The second kappa shape index (κ2) is 3.23. The molecule has 2 rings (SSSR count). The number of carbonyl (C=O) groups is 2. The average molecular weight is 224 g/mol. The number of allylic oxidation sites excluding steroid dienone is 2. The molecule has 2 aliphatic rings. The monoisotopic (exact) mass is 224 g/mol. The van der Waals surface area contributed by atoms with Crippen molar-refractivity contribution >= 4 is 29.9 Å². The van der Waals surface area contributed by atoms with Gasteiger partial charge in [0.2, 0.25) is 5.91 Å². The largest absolute Gasteiger partial charge is 0.481 e. The number of hydrogen-bond acceptors (Lipinski definition) is 4. The summed E-state index contributed by atoms with van der Waals surface area (Å²) in [6.07, 6.45) is 3.06. The van der Waals surface area contributed by atoms with E-state index in [1.807, 2.05) is 0 Å². The average Bonchev–Trinajstić information content (AvgIpc) is 2.50. The van der Waals surface area contributed by atoms with Crippen molar-refractivity contribution in [2.45, 2.75) is 5.37 Å². The van der Waals surface area contributed by atoms with Gasteiger partial charge in [0, 0.05) is 4.91 Å². The standard InChI is InChI=1S/C9H6NO4S/c1-2-5-4(3-11)10-7(12)6(9(13)14)8(10)15-5/h2,6,8H,1H2,(H,13,14). The molecule has 0 saturated carbocycles. The Bertz CT molecular complexity index is 414. The number of thioether (sulfide) groups is 1. The van der Waals surface area contributed by atoms with E-state index in [9.17, 15) is 14.4 Å². The molecule has 0 bridgehead atoms. The van der Waals surface area contributed by atoms with Gasteiger partial charge in [0.15, 0.2) is 5.92 Å². The first-order chi connectivity index (χ1) is 7.11. The summed E-state index contributed by atoms with van der Waals surface area (Å²) >= 11 is 1.16. The molecule has 0 aromatic rings. The summed E-state index contributed by atoms with van der Waals surface area (Å²) in [4.78, 5) is 34.4. The van der Waals surface area contributed by atoms with Gasteiger partial charge in [-0.1, -0.05) is 24.4 Å². The lowest BCUT2D eigenvalue weighted by Crippen LogP contribution is -2.59. The highest BCUT2D eigenvalue weighted by molar-refractivity contribution is 8.04. The summed E-state index contributed by atoms with van der Waals surface area (Å²) < 4.78 is 0. The zero-order valence-corrected chi connectivity index (χ0v) is 8.28. The van der Waals surface area contributed by atoms with Gasteiger partial charge in [-0.3, -0.25) is 19.3 Å². The van der Waals surface area contributed by atoms with Crippen LogP contribution in [-0.4, -0.2) is 33.5 Å². The van der Waals surface area contributed by atoms with E-state index in [2.05, 4.69) is 6.58 Å². The number of fused-ring (bicyclic) bond motifs is 1. The topological polar surface area (TPSA) is 74.7 Å². The Morgan fingerprint density at radius 2 is 2.33 bits per heavy atom. The van der Waals surface area contributed by atoms with Crippen molar-refractivity contribution in [3.8, 4) is 0 Å². The fourth-order valence-corrected chi connectivity index (χ4v) is 2.89. The van der Waals surface area contributed by atoms with Gasteiger partial charge in [0.05, 0.1) is 0 Å². The van der Waals surface area contributed by atoms with E-state index in [4.69, 9.17) is 5.11 Å². The number of carboxylic acid groups (broad SMARTS) is 1. The lowest BCUT2D eigenvalue weighted by atomic mass is 9.98. The first-order valence-electron chi connectivity index (χ1n) is 4.09. The van der Waals surface area contributed by atoms with Crippen LogP contribution in [0.2, 0.25) is 0 Å². The molecule has 1 saturated heterocycles. The van der Waals surface area contributed by atoms with E-state index in [0.717, 1.165) is 16.7 Å². The number of aliphatic carboxylic acids is 1. The summed E-state index contributed by atoms with van der Waals surface area (Å²) in [5, 5.41) is 8.25. The zero-order valence-electron chi connectivity index (χ0n) is 7.47. The van der Waals surface area contributed by atoms with Crippen molar-refractivity contribution < 1.29 is 19.5 Å². The highest BCUT2D eigenvalue weighted by Gasteiger charge is 2.57. The molecule has 1 radical (unpaired) electrons. The molecule has 1 N–H and O–H groups in total. The van der Waals surface area contributed by atoms with Crippen molar-refractivity contribution in [3.05, 3.63) is 23.3 Å². The number of hydrogen-bond donors (Lipinski definition) is 1. The third kappa shape index (κ3) is 1.14. The van der Waals surface area contributed by atoms with Crippen LogP contribution in [0.3, 0.4) is 0 Å². The molecule has 0 spiro atoms. The van der Waals surface area contributed by atoms with E-state index in [0.29, 0.717) is 4.91 Å². The summed E-state index contributed by atoms with van der Waals surface area (Å²) in [6, 6.07) is 0. The summed E-state index contributed by atoms with van der Waals surface area (Å²) in [5.74, 6) is -2.78. The first-order valence-corrected chi connectivity index (χ1v) is 4.97. The maximum absolute atomic E-state index is 11.4. The molecule has 0 aliphatic carbocycles. The smallest absolute Gasteiger partial charge is 0.319 e. The van der Waals surface area contributed by atoms with Gasteiger partial charge >= 0.3 is 5.97 Å². The normalized spacial score (nSPS) is 28.5. The van der Waals surface area contributed by atoms with Gasteiger partial charge in [-0.05, 0) is 0 Å². The Hall–Kier alpha value is -1.56. The Labute approximate surface area is 89.4 Å². The van der Waals surface area contributed by atoms with Crippen molar-refractivity contribution in [2.75, 3.05) is 0 Å². The molecular formula is C9H6NO4S. The van der Waals surface area contributed by atoms with E-state index >= 15 is 0 Å². The van der Waals surface area contributed by atoms with Crippen molar-refractivity contribution in [3.63, 3.8) is 0 Å². The summed E-state index contributed by atoms with van der Waals surface area (Å²) in [6.45, 7) is 3.49. The van der Waals surface area contributed by atoms with Crippen LogP contribution >= 0.6 is 11.8 Å². The third-order valence-corrected chi connectivity index (χ3v) is 3.65. The molecule has 1 fully saturated rings. The molecule has 2 heterocycles. The predicted octanol–water partition coefficient (Wildman–Crippen LogP) is 0.110. The van der Waals surface area contributed by atoms with E-state index in [-0.39, 0.29) is 5.70 Å². The highest BCUT2D eigenvalue weighted by Crippen LogP contribution is 2.48. The Morgan fingerprint density at radius 3 is 2.80 bits per heavy atom. The molecule has 0 aromatic carbocycles. The van der Waals surface area contributed by atoms with E-state index in [1.165, 1.54) is 6.08 Å². The lowest BCUT2D eigenvalue weighted by molar-refractivity contribution is -0.161. The van der Waals surface area contributed by atoms with Gasteiger partial charge < -0.3 is 5.11 Å². The molecular weight excluding hydrogens is 218 g/mol. The van der Waals surface area contributed by atoms with Crippen LogP contribution in [0.4, 0.5) is 0 Å². The van der Waals surface area contributed by atoms with Gasteiger partial charge in [-0.25, -0.2) is 0 Å². The van der Waals surface area contributed by atoms with Gasteiger partial charge in [0.25, 0.3) is 6.29 Å². The lowest BCUT2D eigenvalue weighted by Gasteiger charge is -2.39. The predicted molar refractivity (Wildman–Crippen MR) is 52.3 cm³/mol. The van der Waals surface area contributed by atoms with Gasteiger partial charge in [0.1, 0.15) is 11.1 Å². The minimum atomic E-state index is -1.16. The van der Waals surface area contributed by atoms with Crippen LogP contribution in [-0.2, 0) is 14.4 Å². The molecule has 1 amide bonds. The second-order valence-corrected chi connectivity index (χ2v) is 4.21. The Morgan fingerprint density at radius 1 is 1.67 bits per heavy atom. The molecule has 6 heteroatoms. The molecule has 2 unspecified atom stereocenters. The minimum absolute atomic E-state index is 0.0995. The quantitative estimate of drug-likeness (QED) is 0.544. The fourth-order valence-electron chi connectivity index (χ4n) is 1.60. The van der Waals surface area contributed by atoms with Crippen LogP contribution in [0.15, 0.2) is 23.3 Å². The van der Waals surface area contributed by atoms with Crippen LogP contribution in [0.25, 0.3) is 0 Å². The van der Waals surface area contributed by atoms with Crippen molar-refractivity contribution in [1.82, 2.24) is 4.90 Å². The fraction of sp³-hybridized carbons (Fsp3) is 0.222. The number of carboxylic acids is 1. The SMILES string of the molecule is C=CC1=C([C]=O)N2C(=O)C(C(=O)O)C2S1. The summed E-state index contributed by atoms with van der Waals surface area (Å²) in [7, 11) is 0. The van der Waals surface area contributed by atoms with Crippen molar-refractivity contribution in [1.29, 1.82) is 0 Å². The Kier molecular flexibility index (Phi) is 2.15. The molecule has 5 nitrogen and oxygen atoms in total. The first kappa shape index (κ1) is 9.97. The molecule has 77 valence electrons. The third-order valence-electron chi connectivity index (χ3n) is 2.31. The minimum Gasteiger partial charge on any atom is -0.481 e. The van der Waals surface area contributed by atoms with Gasteiger partial charge in [-0.2, -0.15) is 0 Å². The number of nitrogens with zero attached hydrogens (tertiary/aromatic N) is 1. The molecule has 2 atom stereocenters. The highest BCUT2D eigenvalue weighted by atomic mass is 32.2. The summed E-state index contributed by atoms with van der Waals surface area (Å²) in [5.41, 5.74) is 0.0995. The maximum Gasteiger partial charge on any atom is 0.319 e. The Balaban J connectivity index is 2.32. The number of amides is 1. The van der Waals surface area contributed by atoms with Crippen LogP contribution in [0.1, 0.15) is 0 Å². The molecule has 2 aliphatic heterocycles. The van der Waals surface area contributed by atoms with Crippen molar-refractivity contribution in [2.24, 2.45) is 5.92 Å². The number of rotatable bonds is 3. The van der Waals surface area contributed by atoms with E-state index in [1.54, 1.807) is 6.29 Å².